The number of rotatable bonds is 7. The van der Waals surface area contributed by atoms with Gasteiger partial charge in [-0.25, -0.2) is 9.50 Å². The van der Waals surface area contributed by atoms with Gasteiger partial charge in [0.1, 0.15) is 23.6 Å². The van der Waals surface area contributed by atoms with Gasteiger partial charge < -0.3 is 20.3 Å². The van der Waals surface area contributed by atoms with Crippen LogP contribution in [0.5, 0.6) is 5.75 Å². The molecule has 0 aliphatic carbocycles. The SMILES string of the molecule is O=C(Nc1cn(CC(=O)N2CCC3(CCNC3)CC2)nc1-c1cc(Cl)ccc1OC(F)F)c1cnn2cccnc12. The van der Waals surface area contributed by atoms with E-state index < -0.39 is 12.5 Å². The van der Waals surface area contributed by atoms with Gasteiger partial charge in [-0.15, -0.1) is 0 Å². The maximum Gasteiger partial charge on any atom is 0.387 e. The van der Waals surface area contributed by atoms with Gasteiger partial charge in [0.15, 0.2) is 5.65 Å². The molecule has 14 heteroatoms. The Hall–Kier alpha value is -4.10. The highest BCUT2D eigenvalue weighted by Crippen LogP contribution is 2.38. The maximum atomic E-state index is 13.3. The van der Waals surface area contributed by atoms with Gasteiger partial charge in [0, 0.05) is 48.8 Å². The Morgan fingerprint density at radius 2 is 2.05 bits per heavy atom. The van der Waals surface area contributed by atoms with Crippen molar-refractivity contribution in [1.29, 1.82) is 0 Å². The van der Waals surface area contributed by atoms with Crippen molar-refractivity contribution in [2.45, 2.75) is 32.4 Å². The first-order chi connectivity index (χ1) is 19.8. The summed E-state index contributed by atoms with van der Waals surface area (Å²) in [6, 6.07) is 5.81. The lowest BCUT2D eigenvalue weighted by atomic mass is 9.78. The number of hydrogen-bond donors (Lipinski definition) is 2. The van der Waals surface area contributed by atoms with Gasteiger partial charge in [0.2, 0.25) is 5.91 Å². The smallest absolute Gasteiger partial charge is 0.387 e. The molecule has 0 radical (unpaired) electrons. The van der Waals surface area contributed by atoms with Crippen molar-refractivity contribution < 1.29 is 23.1 Å². The molecule has 4 aromatic rings. The molecule has 5 heterocycles. The summed E-state index contributed by atoms with van der Waals surface area (Å²) in [5, 5.41) is 15.1. The zero-order valence-electron chi connectivity index (χ0n) is 21.9. The Labute approximate surface area is 238 Å². The van der Waals surface area contributed by atoms with Crippen LogP contribution in [0.2, 0.25) is 5.02 Å². The summed E-state index contributed by atoms with van der Waals surface area (Å²) < 4.78 is 34.0. The van der Waals surface area contributed by atoms with Gasteiger partial charge >= 0.3 is 6.61 Å². The fourth-order valence-corrected chi connectivity index (χ4v) is 5.72. The number of carbonyl (C=O) groups excluding carboxylic acids is 2. The summed E-state index contributed by atoms with van der Waals surface area (Å²) in [6.45, 7) is 0.0916. The topological polar surface area (TPSA) is 119 Å². The van der Waals surface area contributed by atoms with Crippen molar-refractivity contribution in [2.75, 3.05) is 31.5 Å². The van der Waals surface area contributed by atoms with E-state index >= 15 is 0 Å². The van der Waals surface area contributed by atoms with E-state index in [1.807, 2.05) is 4.90 Å². The molecule has 41 heavy (non-hydrogen) atoms. The lowest BCUT2D eigenvalue weighted by Gasteiger charge is -2.38. The average Bonchev–Trinajstić information content (AvgIpc) is 3.69. The van der Waals surface area contributed by atoms with Crippen LogP contribution in [0.1, 0.15) is 29.6 Å². The molecule has 2 aliphatic rings. The molecule has 0 bridgehead atoms. The minimum absolute atomic E-state index is 0.0992. The number of amides is 2. The fourth-order valence-electron chi connectivity index (χ4n) is 5.55. The number of halogens is 3. The molecule has 0 atom stereocenters. The van der Waals surface area contributed by atoms with Crippen LogP contribution in [-0.4, -0.2) is 73.9 Å². The first-order valence-electron chi connectivity index (χ1n) is 13.2. The lowest BCUT2D eigenvalue weighted by molar-refractivity contribution is -0.134. The van der Waals surface area contributed by atoms with Crippen molar-refractivity contribution in [3.05, 3.63) is 59.6 Å². The Bertz CT molecular complexity index is 1590. The molecule has 2 N–H and O–H groups in total. The number of nitrogens with one attached hydrogen (secondary N) is 2. The van der Waals surface area contributed by atoms with Crippen LogP contribution in [-0.2, 0) is 11.3 Å². The summed E-state index contributed by atoms with van der Waals surface area (Å²) in [6.07, 6.45) is 9.03. The quantitative estimate of drug-likeness (QED) is 0.340. The van der Waals surface area contributed by atoms with Gasteiger partial charge in [-0.1, -0.05) is 11.6 Å². The summed E-state index contributed by atoms with van der Waals surface area (Å²) in [5.74, 6) is -0.851. The molecule has 2 amide bonds. The predicted octanol–water partition coefficient (Wildman–Crippen LogP) is 3.70. The fraction of sp³-hybridized carbons (Fsp3) is 0.370. The summed E-state index contributed by atoms with van der Waals surface area (Å²) in [4.78, 5) is 32.6. The summed E-state index contributed by atoms with van der Waals surface area (Å²) >= 11 is 6.20. The molecule has 11 nitrogen and oxygen atoms in total. The largest absolute Gasteiger partial charge is 0.434 e. The molecule has 2 saturated heterocycles. The second kappa shape index (κ2) is 11.1. The number of hydrogen-bond acceptors (Lipinski definition) is 7. The summed E-state index contributed by atoms with van der Waals surface area (Å²) in [7, 11) is 0. The number of anilines is 1. The Morgan fingerprint density at radius 1 is 1.22 bits per heavy atom. The van der Waals surface area contributed by atoms with Crippen molar-refractivity contribution >= 4 is 34.7 Å². The Balaban J connectivity index is 1.30. The third-order valence-electron chi connectivity index (χ3n) is 7.75. The Kier molecular flexibility index (Phi) is 7.30. The van der Waals surface area contributed by atoms with E-state index in [9.17, 15) is 18.4 Å². The van der Waals surface area contributed by atoms with Crippen LogP contribution in [0.25, 0.3) is 16.9 Å². The maximum absolute atomic E-state index is 13.3. The second-order valence-corrected chi connectivity index (χ2v) is 10.8. The standard InChI is InChI=1S/C27H27ClF2N8O3/c28-17-2-3-21(41-26(29)30)18(12-17)23-20(34-25(40)19-13-33-38-9-1-7-32-24(19)38)14-37(35-23)15-22(39)36-10-5-27(6-11-36)4-8-31-16-27/h1-3,7,9,12-14,26,31H,4-6,8,10-11,15-16H2,(H,34,40). The van der Waals surface area contributed by atoms with E-state index in [1.165, 1.54) is 46.0 Å². The van der Waals surface area contributed by atoms with E-state index in [-0.39, 0.29) is 51.1 Å². The first-order valence-corrected chi connectivity index (χ1v) is 13.6. The lowest BCUT2D eigenvalue weighted by Crippen LogP contribution is -2.45. The third kappa shape index (κ3) is 5.59. The monoisotopic (exact) mass is 584 g/mol. The number of benzene rings is 1. The number of aromatic nitrogens is 5. The number of piperidine rings is 1. The van der Waals surface area contributed by atoms with Crippen LogP contribution in [0, 0.1) is 5.41 Å². The number of carbonyl (C=O) groups is 2. The van der Waals surface area contributed by atoms with Crippen LogP contribution in [0.15, 0.2) is 49.1 Å². The second-order valence-electron chi connectivity index (χ2n) is 10.3. The zero-order chi connectivity index (χ0) is 28.6. The van der Waals surface area contributed by atoms with E-state index in [2.05, 4.69) is 25.8 Å². The van der Waals surface area contributed by atoms with E-state index in [4.69, 9.17) is 16.3 Å². The molecular weight excluding hydrogens is 558 g/mol. The molecular formula is C27H27ClF2N8O3. The van der Waals surface area contributed by atoms with Gasteiger partial charge in [-0.05, 0) is 55.5 Å². The minimum atomic E-state index is -3.10. The van der Waals surface area contributed by atoms with Crippen LogP contribution in [0.4, 0.5) is 14.5 Å². The zero-order valence-corrected chi connectivity index (χ0v) is 22.7. The number of likely N-dealkylation sites (tertiary alicyclic amines) is 1. The molecule has 2 aliphatic heterocycles. The minimum Gasteiger partial charge on any atom is -0.434 e. The molecule has 0 unspecified atom stereocenters. The van der Waals surface area contributed by atoms with Crippen LogP contribution >= 0.6 is 11.6 Å². The Morgan fingerprint density at radius 3 is 2.80 bits per heavy atom. The normalized spacial score (nSPS) is 16.5. The molecule has 214 valence electrons. The number of nitrogens with zero attached hydrogens (tertiary/aromatic N) is 6. The highest BCUT2D eigenvalue weighted by atomic mass is 35.5. The molecule has 6 rings (SSSR count). The van der Waals surface area contributed by atoms with Crippen molar-refractivity contribution in [3.8, 4) is 17.0 Å². The van der Waals surface area contributed by atoms with E-state index in [1.54, 1.807) is 12.3 Å². The summed E-state index contributed by atoms with van der Waals surface area (Å²) in [5.41, 5.74) is 1.20. The number of alkyl halides is 2. The molecule has 3 aromatic heterocycles. The van der Waals surface area contributed by atoms with E-state index in [0.717, 1.165) is 32.4 Å². The van der Waals surface area contributed by atoms with Crippen molar-refractivity contribution in [2.24, 2.45) is 5.41 Å². The highest BCUT2D eigenvalue weighted by molar-refractivity contribution is 6.31. The van der Waals surface area contributed by atoms with Gasteiger partial charge in [-0.3, -0.25) is 14.3 Å². The average molecular weight is 585 g/mol. The van der Waals surface area contributed by atoms with Crippen LogP contribution in [0.3, 0.4) is 0 Å². The molecule has 1 aromatic carbocycles. The molecule has 2 fully saturated rings. The van der Waals surface area contributed by atoms with Crippen molar-refractivity contribution in [1.82, 2.24) is 34.6 Å². The van der Waals surface area contributed by atoms with Crippen molar-refractivity contribution in [3.63, 3.8) is 0 Å². The van der Waals surface area contributed by atoms with Gasteiger partial charge in [-0.2, -0.15) is 19.0 Å². The predicted molar refractivity (Wildman–Crippen MR) is 146 cm³/mol. The van der Waals surface area contributed by atoms with Crippen LogP contribution < -0.4 is 15.4 Å². The third-order valence-corrected chi connectivity index (χ3v) is 7.99. The van der Waals surface area contributed by atoms with Gasteiger partial charge in [0.05, 0.1) is 11.9 Å². The van der Waals surface area contributed by atoms with E-state index in [0.29, 0.717) is 18.7 Å². The number of fused-ring (bicyclic) bond motifs is 1. The molecule has 1 spiro atoms. The highest BCUT2D eigenvalue weighted by Gasteiger charge is 2.38. The van der Waals surface area contributed by atoms with Gasteiger partial charge in [0.25, 0.3) is 5.91 Å². The molecule has 0 saturated carbocycles. The number of ether oxygens (including phenoxy) is 1. The first kappa shape index (κ1) is 27.1.